The van der Waals surface area contributed by atoms with Crippen LogP contribution in [-0.2, 0) is 9.84 Å². The van der Waals surface area contributed by atoms with Crippen LogP contribution in [-0.4, -0.2) is 48.3 Å². The molecule has 0 spiro atoms. The summed E-state index contributed by atoms with van der Waals surface area (Å²) >= 11 is 0. The van der Waals surface area contributed by atoms with Crippen molar-refractivity contribution in [3.63, 3.8) is 0 Å². The van der Waals surface area contributed by atoms with Crippen molar-refractivity contribution in [1.82, 2.24) is 15.1 Å². The SMILES string of the molecule is COc1cc(C#N)cc(-c2nn(-c3ccc(F)cc3)c3cc(C(=O)NC4(C)CCS(=O)(=O)C4)ccc23)c1F. The minimum absolute atomic E-state index is 0.000298. The third-order valence-corrected chi connectivity index (χ3v) is 8.48. The summed E-state index contributed by atoms with van der Waals surface area (Å²) < 4.78 is 59.5. The number of methoxy groups -OCH3 is 1. The van der Waals surface area contributed by atoms with Gasteiger partial charge < -0.3 is 10.1 Å². The van der Waals surface area contributed by atoms with Crippen molar-refractivity contribution in [3.05, 3.63) is 77.4 Å². The highest BCUT2D eigenvalue weighted by Gasteiger charge is 2.39. The van der Waals surface area contributed by atoms with E-state index in [1.54, 1.807) is 19.1 Å². The van der Waals surface area contributed by atoms with Crippen molar-refractivity contribution in [1.29, 1.82) is 5.26 Å². The lowest BCUT2D eigenvalue weighted by molar-refractivity contribution is 0.0915. The summed E-state index contributed by atoms with van der Waals surface area (Å²) in [4.78, 5) is 13.2. The van der Waals surface area contributed by atoms with Gasteiger partial charge in [0, 0.05) is 22.6 Å². The molecule has 8 nitrogen and oxygen atoms in total. The first-order valence-electron chi connectivity index (χ1n) is 11.6. The van der Waals surface area contributed by atoms with Crippen molar-refractivity contribution in [3.8, 4) is 28.8 Å². The molecule has 2 heterocycles. The van der Waals surface area contributed by atoms with Crippen molar-refractivity contribution in [2.75, 3.05) is 18.6 Å². The summed E-state index contributed by atoms with van der Waals surface area (Å²) in [5.74, 6) is -1.92. The second kappa shape index (κ2) is 9.22. The second-order valence-electron chi connectivity index (χ2n) is 9.48. The molecule has 194 valence electrons. The van der Waals surface area contributed by atoms with Gasteiger partial charge in [-0.05, 0) is 61.9 Å². The monoisotopic (exact) mass is 536 g/mol. The van der Waals surface area contributed by atoms with Gasteiger partial charge in [0.15, 0.2) is 21.4 Å². The predicted octanol–water partition coefficient (Wildman–Crippen LogP) is 4.16. The molecule has 1 aromatic heterocycles. The zero-order valence-electron chi connectivity index (χ0n) is 20.5. The lowest BCUT2D eigenvalue weighted by Crippen LogP contribution is -2.46. The molecule has 1 N–H and O–H groups in total. The van der Waals surface area contributed by atoms with Crippen LogP contribution in [0.4, 0.5) is 8.78 Å². The first kappa shape index (κ1) is 25.4. The number of hydrogen-bond donors (Lipinski definition) is 1. The Balaban J connectivity index is 1.67. The molecule has 5 rings (SSSR count). The zero-order chi connectivity index (χ0) is 27.2. The Morgan fingerprint density at radius 2 is 1.89 bits per heavy atom. The Kier molecular flexibility index (Phi) is 6.15. The van der Waals surface area contributed by atoms with Gasteiger partial charge in [0.25, 0.3) is 5.91 Å². The van der Waals surface area contributed by atoms with Crippen LogP contribution in [0.25, 0.3) is 27.8 Å². The number of nitriles is 1. The number of hydrogen-bond acceptors (Lipinski definition) is 6. The average Bonchev–Trinajstić information content (AvgIpc) is 3.40. The van der Waals surface area contributed by atoms with Crippen molar-refractivity contribution in [2.24, 2.45) is 0 Å². The minimum Gasteiger partial charge on any atom is -0.494 e. The second-order valence-corrected chi connectivity index (χ2v) is 11.7. The summed E-state index contributed by atoms with van der Waals surface area (Å²) in [6.07, 6.45) is 0.303. The summed E-state index contributed by atoms with van der Waals surface area (Å²) in [5, 5.41) is 17.3. The molecule has 4 aromatic rings. The van der Waals surface area contributed by atoms with Gasteiger partial charge in [0.2, 0.25) is 0 Å². The number of sulfone groups is 1. The number of carbonyl (C=O) groups excluding carboxylic acids is 1. The molecule has 1 aliphatic heterocycles. The third kappa shape index (κ3) is 4.59. The molecular weight excluding hydrogens is 514 g/mol. The number of ether oxygens (including phenoxy) is 1. The van der Waals surface area contributed by atoms with E-state index < -0.39 is 32.9 Å². The van der Waals surface area contributed by atoms with Crippen LogP contribution in [0.2, 0.25) is 0 Å². The first-order valence-corrected chi connectivity index (χ1v) is 13.4. The number of carbonyl (C=O) groups is 1. The quantitative estimate of drug-likeness (QED) is 0.410. The molecule has 0 saturated carbocycles. The van der Waals surface area contributed by atoms with E-state index in [1.165, 1.54) is 54.3 Å². The number of rotatable bonds is 5. The normalized spacial score (nSPS) is 18.3. The molecule has 1 aliphatic rings. The van der Waals surface area contributed by atoms with Gasteiger partial charge in [-0.3, -0.25) is 4.79 Å². The highest BCUT2D eigenvalue weighted by Crippen LogP contribution is 2.36. The topological polar surface area (TPSA) is 114 Å². The van der Waals surface area contributed by atoms with Crippen LogP contribution in [0.1, 0.15) is 29.3 Å². The maximum absolute atomic E-state index is 15.4. The number of nitrogens with one attached hydrogen (secondary N) is 1. The van der Waals surface area contributed by atoms with Gasteiger partial charge in [-0.2, -0.15) is 10.4 Å². The first-order chi connectivity index (χ1) is 18.0. The Bertz CT molecular complexity index is 1740. The molecule has 0 aliphatic carbocycles. The Morgan fingerprint density at radius 3 is 2.53 bits per heavy atom. The molecule has 1 fully saturated rings. The van der Waals surface area contributed by atoms with Crippen molar-refractivity contribution in [2.45, 2.75) is 18.9 Å². The van der Waals surface area contributed by atoms with Crippen LogP contribution in [0.15, 0.2) is 54.6 Å². The molecule has 1 amide bonds. The Labute approximate surface area is 217 Å². The highest BCUT2D eigenvalue weighted by molar-refractivity contribution is 7.91. The van der Waals surface area contributed by atoms with E-state index in [0.717, 1.165) is 0 Å². The van der Waals surface area contributed by atoms with Crippen LogP contribution < -0.4 is 10.1 Å². The summed E-state index contributed by atoms with van der Waals surface area (Å²) in [6, 6.07) is 14.8. The molecule has 11 heteroatoms. The van der Waals surface area contributed by atoms with E-state index >= 15 is 4.39 Å². The van der Waals surface area contributed by atoms with Crippen molar-refractivity contribution >= 4 is 26.6 Å². The molecule has 3 aromatic carbocycles. The lowest BCUT2D eigenvalue weighted by atomic mass is 10.0. The highest BCUT2D eigenvalue weighted by atomic mass is 32.2. The van der Waals surface area contributed by atoms with Crippen LogP contribution in [0.5, 0.6) is 5.75 Å². The summed E-state index contributed by atoms with van der Waals surface area (Å²) in [6.45, 7) is 1.69. The number of nitrogens with zero attached hydrogens (tertiary/aromatic N) is 3. The van der Waals surface area contributed by atoms with Gasteiger partial charge in [0.05, 0.1) is 47.0 Å². The van der Waals surface area contributed by atoms with Gasteiger partial charge in [-0.25, -0.2) is 21.9 Å². The Hall–Kier alpha value is -4.30. The molecule has 0 radical (unpaired) electrons. The van der Waals surface area contributed by atoms with E-state index in [1.807, 2.05) is 6.07 Å². The van der Waals surface area contributed by atoms with E-state index in [2.05, 4.69) is 10.4 Å². The fourth-order valence-corrected chi connectivity index (χ4v) is 6.77. The third-order valence-electron chi connectivity index (χ3n) is 6.58. The van der Waals surface area contributed by atoms with Gasteiger partial charge >= 0.3 is 0 Å². The summed E-state index contributed by atoms with van der Waals surface area (Å²) in [7, 11) is -1.94. The average molecular weight is 537 g/mol. The van der Waals surface area contributed by atoms with Crippen LogP contribution in [0.3, 0.4) is 0 Å². The number of benzene rings is 3. The molecule has 1 unspecified atom stereocenters. The zero-order valence-corrected chi connectivity index (χ0v) is 21.3. The van der Waals surface area contributed by atoms with E-state index in [-0.39, 0.29) is 39.6 Å². The molecule has 38 heavy (non-hydrogen) atoms. The Morgan fingerprint density at radius 1 is 1.16 bits per heavy atom. The molecule has 0 bridgehead atoms. The molecule has 1 saturated heterocycles. The molecular formula is C27H22F2N4O4S. The number of amides is 1. The molecule has 1 atom stereocenters. The minimum atomic E-state index is -3.23. The fourth-order valence-electron chi connectivity index (χ4n) is 4.67. The van der Waals surface area contributed by atoms with Gasteiger partial charge in [-0.15, -0.1) is 0 Å². The smallest absolute Gasteiger partial charge is 0.251 e. The maximum atomic E-state index is 15.4. The fraction of sp³-hybridized carbons (Fsp3) is 0.222. The van der Waals surface area contributed by atoms with E-state index in [4.69, 9.17) is 4.74 Å². The van der Waals surface area contributed by atoms with Crippen molar-refractivity contribution < 1.29 is 26.7 Å². The lowest BCUT2D eigenvalue weighted by Gasteiger charge is -2.23. The van der Waals surface area contributed by atoms with Crippen LogP contribution >= 0.6 is 0 Å². The maximum Gasteiger partial charge on any atom is 0.251 e. The van der Waals surface area contributed by atoms with Gasteiger partial charge in [0.1, 0.15) is 11.5 Å². The van der Waals surface area contributed by atoms with Crippen LogP contribution in [0, 0.1) is 23.0 Å². The predicted molar refractivity (Wildman–Crippen MR) is 137 cm³/mol. The number of aromatic nitrogens is 2. The van der Waals surface area contributed by atoms with Gasteiger partial charge in [-0.1, -0.05) is 0 Å². The summed E-state index contributed by atoms with van der Waals surface area (Å²) in [5.41, 5.74) is 0.595. The number of fused-ring (bicyclic) bond motifs is 1. The van der Waals surface area contributed by atoms with E-state index in [0.29, 0.717) is 23.0 Å². The van der Waals surface area contributed by atoms with E-state index in [9.17, 15) is 22.9 Å². The largest absolute Gasteiger partial charge is 0.494 e. The number of halogens is 2. The standard InChI is InChI=1S/C27H22F2N4O4S/c1-27(9-10-38(35,36)15-27)31-26(34)17-3-8-20-22(13-17)33(19-6-4-18(28)5-7-19)32-25(20)21-11-16(14-30)12-23(37-2)24(21)29/h3-8,11-13H,9-10,15H2,1-2H3,(H,31,34).